The van der Waals surface area contributed by atoms with E-state index in [2.05, 4.69) is 5.32 Å². The molecule has 0 aromatic heterocycles. The second-order valence-corrected chi connectivity index (χ2v) is 5.97. The van der Waals surface area contributed by atoms with Crippen LogP contribution in [0.1, 0.15) is 26.3 Å². The minimum atomic E-state index is -0.527. The van der Waals surface area contributed by atoms with Crippen molar-refractivity contribution >= 4 is 17.5 Å². The number of amides is 2. The highest BCUT2D eigenvalue weighted by atomic mass is 16.5. The number of rotatable bonds is 5. The number of hydrogen-bond acceptors (Lipinski definition) is 4. The Hall–Kier alpha value is -3.80. The molecular formula is C21H18N2O4. The molecule has 0 radical (unpaired) electrons. The van der Waals surface area contributed by atoms with Crippen LogP contribution in [-0.2, 0) is 0 Å². The maximum absolute atomic E-state index is 12.4. The quantitative estimate of drug-likeness (QED) is 0.642. The summed E-state index contributed by atoms with van der Waals surface area (Å²) in [5, 5.41) is 12.3. The number of aromatic hydroxyl groups is 1. The zero-order chi connectivity index (χ0) is 19.4. The van der Waals surface area contributed by atoms with Gasteiger partial charge >= 0.3 is 0 Å². The SMILES string of the molecule is Cc1ccc(O)cc1C(=O)Nc1ccc(Oc2cccc(C(N)=O)c2)cc1. The van der Waals surface area contributed by atoms with E-state index in [0.29, 0.717) is 28.3 Å². The third kappa shape index (κ3) is 4.43. The minimum absolute atomic E-state index is 0.0349. The Morgan fingerprint density at radius 2 is 1.70 bits per heavy atom. The first-order chi connectivity index (χ1) is 12.9. The maximum atomic E-state index is 12.4. The van der Waals surface area contributed by atoms with E-state index in [4.69, 9.17) is 10.5 Å². The van der Waals surface area contributed by atoms with Gasteiger partial charge in [0.15, 0.2) is 0 Å². The lowest BCUT2D eigenvalue weighted by Crippen LogP contribution is -2.13. The van der Waals surface area contributed by atoms with E-state index in [9.17, 15) is 14.7 Å². The van der Waals surface area contributed by atoms with Crippen LogP contribution in [0, 0.1) is 6.92 Å². The van der Waals surface area contributed by atoms with Gasteiger partial charge in [-0.1, -0.05) is 12.1 Å². The molecule has 0 atom stereocenters. The van der Waals surface area contributed by atoms with E-state index in [-0.39, 0.29) is 11.7 Å². The molecule has 0 bridgehead atoms. The molecule has 0 heterocycles. The van der Waals surface area contributed by atoms with Crippen LogP contribution in [0.25, 0.3) is 0 Å². The molecule has 2 amide bonds. The van der Waals surface area contributed by atoms with Crippen molar-refractivity contribution in [2.45, 2.75) is 6.92 Å². The highest BCUT2D eigenvalue weighted by molar-refractivity contribution is 6.05. The number of hydrogen-bond donors (Lipinski definition) is 3. The number of phenolic OH excluding ortho intramolecular Hbond substituents is 1. The van der Waals surface area contributed by atoms with Crippen LogP contribution in [0.3, 0.4) is 0 Å². The first kappa shape index (κ1) is 18.0. The third-order valence-corrected chi connectivity index (χ3v) is 3.93. The van der Waals surface area contributed by atoms with Gasteiger partial charge in [0.05, 0.1) is 0 Å². The van der Waals surface area contributed by atoms with Gasteiger partial charge in [-0.3, -0.25) is 9.59 Å². The zero-order valence-corrected chi connectivity index (χ0v) is 14.6. The fourth-order valence-electron chi connectivity index (χ4n) is 2.51. The molecular weight excluding hydrogens is 344 g/mol. The number of primary amides is 1. The normalized spacial score (nSPS) is 10.3. The van der Waals surface area contributed by atoms with Crippen LogP contribution < -0.4 is 15.8 Å². The third-order valence-electron chi connectivity index (χ3n) is 3.93. The molecule has 136 valence electrons. The molecule has 6 nitrogen and oxygen atoms in total. The van der Waals surface area contributed by atoms with Gasteiger partial charge < -0.3 is 20.9 Å². The van der Waals surface area contributed by atoms with Crippen molar-refractivity contribution in [3.8, 4) is 17.2 Å². The van der Waals surface area contributed by atoms with E-state index >= 15 is 0 Å². The van der Waals surface area contributed by atoms with Crippen LogP contribution in [0.15, 0.2) is 66.7 Å². The first-order valence-corrected chi connectivity index (χ1v) is 8.21. The molecule has 6 heteroatoms. The van der Waals surface area contributed by atoms with Gasteiger partial charge in [0.25, 0.3) is 5.91 Å². The predicted octanol–water partition coefficient (Wildman–Crippen LogP) is 3.84. The lowest BCUT2D eigenvalue weighted by molar-refractivity contribution is 0.0997. The van der Waals surface area contributed by atoms with Crippen LogP contribution in [0.5, 0.6) is 17.2 Å². The summed E-state index contributed by atoms with van der Waals surface area (Å²) < 4.78 is 5.70. The number of benzene rings is 3. The van der Waals surface area contributed by atoms with Crippen molar-refractivity contribution < 1.29 is 19.4 Å². The number of carbonyl (C=O) groups is 2. The lowest BCUT2D eigenvalue weighted by Gasteiger charge is -2.10. The number of carbonyl (C=O) groups excluding carboxylic acids is 2. The van der Waals surface area contributed by atoms with Crippen molar-refractivity contribution in [2.24, 2.45) is 5.73 Å². The van der Waals surface area contributed by atoms with E-state index in [1.54, 1.807) is 61.5 Å². The number of anilines is 1. The minimum Gasteiger partial charge on any atom is -0.508 e. The summed E-state index contributed by atoms with van der Waals surface area (Å²) in [4.78, 5) is 23.6. The molecule has 0 aliphatic rings. The zero-order valence-electron chi connectivity index (χ0n) is 14.6. The van der Waals surface area contributed by atoms with Crippen LogP contribution in [0.2, 0.25) is 0 Å². The molecule has 0 fully saturated rings. The number of aryl methyl sites for hydroxylation is 1. The number of phenols is 1. The second kappa shape index (κ2) is 7.61. The molecule has 3 rings (SSSR count). The topological polar surface area (TPSA) is 102 Å². The molecule has 0 unspecified atom stereocenters. The average molecular weight is 362 g/mol. The largest absolute Gasteiger partial charge is 0.508 e. The standard InChI is InChI=1S/C21H18N2O4/c1-13-5-8-16(24)12-19(13)21(26)23-15-6-9-17(10-7-15)27-18-4-2-3-14(11-18)20(22)25/h2-12,24H,1H3,(H2,22,25)(H,23,26). The van der Waals surface area contributed by atoms with Gasteiger partial charge in [0, 0.05) is 16.8 Å². The van der Waals surface area contributed by atoms with Gasteiger partial charge in [0.1, 0.15) is 17.2 Å². The van der Waals surface area contributed by atoms with Gasteiger partial charge in [0.2, 0.25) is 5.91 Å². The van der Waals surface area contributed by atoms with E-state index in [0.717, 1.165) is 5.56 Å². The molecule has 0 aliphatic carbocycles. The Labute approximate surface area is 156 Å². The van der Waals surface area contributed by atoms with E-state index in [1.165, 1.54) is 12.1 Å². The number of nitrogens with two attached hydrogens (primary N) is 1. The molecule has 3 aromatic carbocycles. The molecule has 4 N–H and O–H groups in total. The van der Waals surface area contributed by atoms with Crippen LogP contribution in [-0.4, -0.2) is 16.9 Å². The van der Waals surface area contributed by atoms with Crippen molar-refractivity contribution in [2.75, 3.05) is 5.32 Å². The monoisotopic (exact) mass is 362 g/mol. The van der Waals surface area contributed by atoms with Gasteiger partial charge in [-0.2, -0.15) is 0 Å². The Kier molecular flexibility index (Phi) is 5.08. The summed E-state index contributed by atoms with van der Waals surface area (Å²) >= 11 is 0. The van der Waals surface area contributed by atoms with Crippen molar-refractivity contribution in [3.63, 3.8) is 0 Å². The fourth-order valence-corrected chi connectivity index (χ4v) is 2.51. The van der Waals surface area contributed by atoms with Gasteiger partial charge in [-0.05, 0) is 67.1 Å². The average Bonchev–Trinajstić information content (AvgIpc) is 2.65. The summed E-state index contributed by atoms with van der Waals surface area (Å²) in [6.45, 7) is 1.80. The lowest BCUT2D eigenvalue weighted by atomic mass is 10.1. The van der Waals surface area contributed by atoms with Crippen molar-refractivity contribution in [3.05, 3.63) is 83.4 Å². The summed E-state index contributed by atoms with van der Waals surface area (Å²) in [6, 6.07) is 18.0. The second-order valence-electron chi connectivity index (χ2n) is 5.97. The Morgan fingerprint density at radius 3 is 2.41 bits per heavy atom. The van der Waals surface area contributed by atoms with Crippen LogP contribution >= 0.6 is 0 Å². The molecule has 0 saturated carbocycles. The van der Waals surface area contributed by atoms with Gasteiger partial charge in [-0.15, -0.1) is 0 Å². The van der Waals surface area contributed by atoms with Crippen LogP contribution in [0.4, 0.5) is 5.69 Å². The van der Waals surface area contributed by atoms with Crippen molar-refractivity contribution in [1.82, 2.24) is 0 Å². The highest BCUT2D eigenvalue weighted by Crippen LogP contribution is 2.24. The smallest absolute Gasteiger partial charge is 0.256 e. The van der Waals surface area contributed by atoms with E-state index in [1.807, 2.05) is 0 Å². The molecule has 27 heavy (non-hydrogen) atoms. The Bertz CT molecular complexity index is 997. The maximum Gasteiger partial charge on any atom is 0.256 e. The number of ether oxygens (including phenoxy) is 1. The summed E-state index contributed by atoms with van der Waals surface area (Å²) in [7, 11) is 0. The highest BCUT2D eigenvalue weighted by Gasteiger charge is 2.10. The molecule has 3 aromatic rings. The van der Waals surface area contributed by atoms with E-state index < -0.39 is 5.91 Å². The molecule has 0 aliphatic heterocycles. The Balaban J connectivity index is 1.70. The molecule has 0 saturated heterocycles. The number of nitrogens with one attached hydrogen (secondary N) is 1. The first-order valence-electron chi connectivity index (χ1n) is 8.21. The predicted molar refractivity (Wildman–Crippen MR) is 102 cm³/mol. The van der Waals surface area contributed by atoms with Crippen molar-refractivity contribution in [1.29, 1.82) is 0 Å². The van der Waals surface area contributed by atoms with Gasteiger partial charge in [-0.25, -0.2) is 0 Å². The fraction of sp³-hybridized carbons (Fsp3) is 0.0476. The summed E-state index contributed by atoms with van der Waals surface area (Å²) in [6.07, 6.45) is 0. The summed E-state index contributed by atoms with van der Waals surface area (Å²) in [5.74, 6) is 0.223. The summed E-state index contributed by atoms with van der Waals surface area (Å²) in [5.41, 5.74) is 7.37. The Morgan fingerprint density at radius 1 is 0.963 bits per heavy atom. The molecule has 0 spiro atoms.